The quantitative estimate of drug-likeness (QED) is 0.271. The van der Waals surface area contributed by atoms with E-state index in [1.165, 1.54) is 4.31 Å². The summed E-state index contributed by atoms with van der Waals surface area (Å²) in [7, 11) is -3.86. The van der Waals surface area contributed by atoms with Crippen molar-refractivity contribution in [2.24, 2.45) is 0 Å². The predicted octanol–water partition coefficient (Wildman–Crippen LogP) is 6.37. The summed E-state index contributed by atoms with van der Waals surface area (Å²) < 4.78 is 34.2. The van der Waals surface area contributed by atoms with Crippen LogP contribution in [0.2, 0.25) is 5.02 Å². The molecule has 0 aliphatic rings. The highest BCUT2D eigenvalue weighted by Crippen LogP contribution is 2.28. The fourth-order valence-corrected chi connectivity index (χ4v) is 5.26. The molecule has 1 amide bonds. The maximum atomic E-state index is 13.6. The largest absolute Gasteiger partial charge is 0.484 e. The highest BCUT2D eigenvalue weighted by molar-refractivity contribution is 7.92. The summed E-state index contributed by atoms with van der Waals surface area (Å²) in [5.41, 5.74) is 3.96. The van der Waals surface area contributed by atoms with E-state index in [4.69, 9.17) is 16.3 Å². The monoisotopic (exact) mass is 534 g/mol. The van der Waals surface area contributed by atoms with Gasteiger partial charge in [0.1, 0.15) is 5.75 Å². The predicted molar refractivity (Wildman–Crippen MR) is 148 cm³/mol. The van der Waals surface area contributed by atoms with Crippen molar-refractivity contribution < 1.29 is 17.9 Å². The molecule has 0 heterocycles. The summed E-state index contributed by atoms with van der Waals surface area (Å²) in [6.45, 7) is 3.79. The number of nitrogens with one attached hydrogen (secondary N) is 1. The molecule has 4 aromatic rings. The van der Waals surface area contributed by atoms with E-state index in [0.29, 0.717) is 22.1 Å². The molecule has 0 saturated carbocycles. The molecule has 0 radical (unpaired) electrons. The molecular weight excluding hydrogens is 508 g/mol. The number of rotatable bonds is 9. The summed E-state index contributed by atoms with van der Waals surface area (Å²) >= 11 is 6.01. The molecule has 8 heteroatoms. The van der Waals surface area contributed by atoms with Gasteiger partial charge in [0.15, 0.2) is 6.61 Å². The Morgan fingerprint density at radius 2 is 1.54 bits per heavy atom. The zero-order valence-electron chi connectivity index (χ0n) is 20.5. The number of ether oxygens (including phenoxy) is 1. The van der Waals surface area contributed by atoms with Gasteiger partial charge in [-0.3, -0.25) is 9.10 Å². The maximum Gasteiger partial charge on any atom is 0.264 e. The van der Waals surface area contributed by atoms with Crippen molar-refractivity contribution in [1.82, 2.24) is 0 Å². The Bertz CT molecular complexity index is 1470. The first-order valence-electron chi connectivity index (χ1n) is 11.6. The van der Waals surface area contributed by atoms with E-state index in [1.54, 1.807) is 72.8 Å². The van der Waals surface area contributed by atoms with Gasteiger partial charge < -0.3 is 10.1 Å². The fraction of sp³-hybridized carbons (Fsp3) is 0.138. The molecule has 6 nitrogen and oxygen atoms in total. The number of benzene rings is 4. The molecule has 0 aliphatic heterocycles. The van der Waals surface area contributed by atoms with E-state index < -0.39 is 10.0 Å². The van der Waals surface area contributed by atoms with Gasteiger partial charge in [-0.25, -0.2) is 8.42 Å². The first-order chi connectivity index (χ1) is 17.7. The minimum absolute atomic E-state index is 0.118. The summed E-state index contributed by atoms with van der Waals surface area (Å²) in [4.78, 5) is 12.5. The Labute approximate surface area is 222 Å². The van der Waals surface area contributed by atoms with Crippen LogP contribution in [0.4, 0.5) is 11.4 Å². The lowest BCUT2D eigenvalue weighted by atomic mass is 10.2. The van der Waals surface area contributed by atoms with Crippen LogP contribution in [-0.2, 0) is 21.4 Å². The molecule has 0 saturated heterocycles. The van der Waals surface area contributed by atoms with Gasteiger partial charge >= 0.3 is 0 Å². The Hall–Kier alpha value is -3.81. The van der Waals surface area contributed by atoms with Crippen molar-refractivity contribution in [3.8, 4) is 5.75 Å². The van der Waals surface area contributed by atoms with E-state index in [2.05, 4.69) is 5.32 Å². The zero-order valence-corrected chi connectivity index (χ0v) is 22.1. The van der Waals surface area contributed by atoms with Crippen molar-refractivity contribution in [3.63, 3.8) is 0 Å². The van der Waals surface area contributed by atoms with Crippen LogP contribution in [0.5, 0.6) is 5.75 Å². The zero-order chi connectivity index (χ0) is 26.4. The van der Waals surface area contributed by atoms with Gasteiger partial charge in [0.05, 0.1) is 17.1 Å². The minimum Gasteiger partial charge on any atom is -0.484 e. The lowest BCUT2D eigenvalue weighted by Crippen LogP contribution is -2.30. The van der Waals surface area contributed by atoms with Crippen LogP contribution < -0.4 is 14.4 Å². The molecule has 0 aliphatic carbocycles. The molecule has 0 unspecified atom stereocenters. The first-order valence-corrected chi connectivity index (χ1v) is 13.5. The van der Waals surface area contributed by atoms with Crippen LogP contribution in [-0.4, -0.2) is 20.9 Å². The lowest BCUT2D eigenvalue weighted by molar-refractivity contribution is -0.118. The highest BCUT2D eigenvalue weighted by atomic mass is 35.5. The Kier molecular flexibility index (Phi) is 8.16. The molecule has 37 heavy (non-hydrogen) atoms. The van der Waals surface area contributed by atoms with Crippen molar-refractivity contribution in [2.75, 3.05) is 16.2 Å². The van der Waals surface area contributed by atoms with Crippen LogP contribution in [0.1, 0.15) is 16.7 Å². The van der Waals surface area contributed by atoms with E-state index >= 15 is 0 Å². The Balaban J connectivity index is 1.52. The Morgan fingerprint density at radius 1 is 0.865 bits per heavy atom. The average molecular weight is 535 g/mol. The maximum absolute atomic E-state index is 13.6. The third-order valence-corrected chi connectivity index (χ3v) is 7.68. The van der Waals surface area contributed by atoms with Gasteiger partial charge in [-0.05, 0) is 85.6 Å². The molecule has 1 N–H and O–H groups in total. The van der Waals surface area contributed by atoms with Gasteiger partial charge in [-0.2, -0.15) is 0 Å². The number of carbonyl (C=O) groups is 1. The van der Waals surface area contributed by atoms with Gasteiger partial charge in [-0.15, -0.1) is 0 Å². The second-order valence-electron chi connectivity index (χ2n) is 8.65. The fourth-order valence-electron chi connectivity index (χ4n) is 3.69. The Morgan fingerprint density at radius 3 is 2.19 bits per heavy atom. The number of hydrogen-bond donors (Lipinski definition) is 1. The van der Waals surface area contributed by atoms with Gasteiger partial charge in [0, 0.05) is 10.7 Å². The summed E-state index contributed by atoms with van der Waals surface area (Å²) in [5.74, 6) is 0.156. The van der Waals surface area contributed by atoms with Crippen LogP contribution in [0, 0.1) is 13.8 Å². The summed E-state index contributed by atoms with van der Waals surface area (Å²) in [5, 5.41) is 3.37. The summed E-state index contributed by atoms with van der Waals surface area (Å²) in [6.07, 6.45) is 0. The van der Waals surface area contributed by atoms with Gasteiger partial charge in [0.2, 0.25) is 0 Å². The topological polar surface area (TPSA) is 75.7 Å². The molecule has 4 rings (SSSR count). The van der Waals surface area contributed by atoms with E-state index in [0.717, 1.165) is 16.7 Å². The van der Waals surface area contributed by atoms with Crippen molar-refractivity contribution >= 4 is 38.9 Å². The van der Waals surface area contributed by atoms with E-state index in [9.17, 15) is 13.2 Å². The summed E-state index contributed by atoms with van der Waals surface area (Å²) in [6, 6.07) is 27.9. The van der Waals surface area contributed by atoms with Gasteiger partial charge in [0.25, 0.3) is 15.9 Å². The molecule has 0 bridgehead atoms. The van der Waals surface area contributed by atoms with Crippen LogP contribution in [0.25, 0.3) is 0 Å². The molecule has 0 fully saturated rings. The van der Waals surface area contributed by atoms with Crippen LogP contribution in [0.15, 0.2) is 102 Å². The number of carbonyl (C=O) groups excluding carboxylic acids is 1. The molecule has 4 aromatic carbocycles. The second kappa shape index (κ2) is 11.5. The number of nitrogens with zero attached hydrogens (tertiary/aromatic N) is 1. The normalized spacial score (nSPS) is 11.1. The standard InChI is InChI=1S/C29H27ClN2O4S/c1-21-6-16-28(17-7-21)37(34,35)32(19-23-8-10-24(30)11-9-23)26-12-14-27(15-13-26)36-20-29(33)31-25-5-3-4-22(2)18-25/h3-18H,19-20H2,1-2H3,(H,31,33). The third kappa shape index (κ3) is 6.90. The lowest BCUT2D eigenvalue weighted by Gasteiger charge is -2.25. The smallest absolute Gasteiger partial charge is 0.264 e. The molecular formula is C29H27ClN2O4S. The van der Waals surface area contributed by atoms with Crippen LogP contribution in [0.3, 0.4) is 0 Å². The van der Waals surface area contributed by atoms with Crippen LogP contribution >= 0.6 is 11.6 Å². The number of halogens is 1. The number of sulfonamides is 1. The second-order valence-corrected chi connectivity index (χ2v) is 11.0. The number of aryl methyl sites for hydroxylation is 2. The third-order valence-electron chi connectivity index (χ3n) is 5.64. The van der Waals surface area contributed by atoms with E-state index in [-0.39, 0.29) is 24.0 Å². The average Bonchev–Trinajstić information content (AvgIpc) is 2.88. The number of anilines is 2. The van der Waals surface area contributed by atoms with Crippen molar-refractivity contribution in [2.45, 2.75) is 25.3 Å². The minimum atomic E-state index is -3.86. The molecule has 0 atom stereocenters. The number of amides is 1. The number of hydrogen-bond acceptors (Lipinski definition) is 4. The van der Waals surface area contributed by atoms with Gasteiger partial charge in [-0.1, -0.05) is 53.6 Å². The van der Waals surface area contributed by atoms with Crippen molar-refractivity contribution in [1.29, 1.82) is 0 Å². The molecule has 190 valence electrons. The molecule has 0 aromatic heterocycles. The first kappa shape index (κ1) is 26.3. The molecule has 0 spiro atoms. The highest BCUT2D eigenvalue weighted by Gasteiger charge is 2.25. The van der Waals surface area contributed by atoms with E-state index in [1.807, 2.05) is 38.1 Å². The SMILES string of the molecule is Cc1ccc(S(=O)(=O)N(Cc2ccc(Cl)cc2)c2ccc(OCC(=O)Nc3cccc(C)c3)cc2)cc1. The van der Waals surface area contributed by atoms with Crippen molar-refractivity contribution in [3.05, 3.63) is 119 Å².